The second-order valence-corrected chi connectivity index (χ2v) is 4.30. The maximum atomic E-state index is 12.0. The minimum Gasteiger partial charge on any atom is -0.495 e. The maximum Gasteiger partial charge on any atom is 0.277 e. The van der Waals surface area contributed by atoms with E-state index < -0.39 is 5.91 Å². The molecule has 1 heterocycles. The van der Waals surface area contributed by atoms with Gasteiger partial charge in [0, 0.05) is 19.1 Å². The second kappa shape index (κ2) is 5.83. The standard InChI is InChI=1S/C13H13ClN2O4/c1-7-15-10(6-20-7)13(17)16-9-5-11(18-2)8(14)4-12(9)19-3/h4-6H,1-3H3,(H,16,17). The zero-order valence-corrected chi connectivity index (χ0v) is 11.9. The molecule has 0 spiro atoms. The molecule has 0 unspecified atom stereocenters. The lowest BCUT2D eigenvalue weighted by molar-refractivity contribution is 0.102. The molecule has 0 saturated heterocycles. The molecule has 1 aromatic carbocycles. The van der Waals surface area contributed by atoms with Crippen LogP contribution in [0.3, 0.4) is 0 Å². The van der Waals surface area contributed by atoms with Crippen LogP contribution < -0.4 is 14.8 Å². The number of oxazole rings is 1. The van der Waals surface area contributed by atoms with Crippen molar-refractivity contribution in [3.05, 3.63) is 35.0 Å². The van der Waals surface area contributed by atoms with Crippen LogP contribution in [-0.2, 0) is 0 Å². The molecule has 20 heavy (non-hydrogen) atoms. The van der Waals surface area contributed by atoms with Gasteiger partial charge in [-0.2, -0.15) is 0 Å². The first-order valence-corrected chi connectivity index (χ1v) is 6.08. The van der Waals surface area contributed by atoms with E-state index in [9.17, 15) is 4.79 Å². The number of amides is 1. The average molecular weight is 297 g/mol. The largest absolute Gasteiger partial charge is 0.495 e. The van der Waals surface area contributed by atoms with Crippen molar-refractivity contribution in [2.75, 3.05) is 19.5 Å². The molecule has 0 saturated carbocycles. The van der Waals surface area contributed by atoms with Gasteiger partial charge in [-0.3, -0.25) is 4.79 Å². The van der Waals surface area contributed by atoms with E-state index in [4.69, 9.17) is 25.5 Å². The first-order chi connectivity index (χ1) is 9.55. The Hall–Kier alpha value is -2.21. The Kier molecular flexibility index (Phi) is 4.14. The highest BCUT2D eigenvalue weighted by Gasteiger charge is 2.15. The average Bonchev–Trinajstić information content (AvgIpc) is 2.87. The summed E-state index contributed by atoms with van der Waals surface area (Å²) in [7, 11) is 2.97. The molecule has 106 valence electrons. The molecule has 0 radical (unpaired) electrons. The molecule has 2 rings (SSSR count). The molecular weight excluding hydrogens is 284 g/mol. The van der Waals surface area contributed by atoms with Crippen LogP contribution >= 0.6 is 11.6 Å². The van der Waals surface area contributed by atoms with E-state index in [1.54, 1.807) is 19.1 Å². The van der Waals surface area contributed by atoms with Crippen molar-refractivity contribution in [3.63, 3.8) is 0 Å². The number of ether oxygens (including phenoxy) is 2. The lowest BCUT2D eigenvalue weighted by Crippen LogP contribution is -2.13. The van der Waals surface area contributed by atoms with E-state index in [-0.39, 0.29) is 5.69 Å². The summed E-state index contributed by atoms with van der Waals surface area (Å²) in [5.41, 5.74) is 0.609. The first kappa shape index (κ1) is 14.2. The Morgan fingerprint density at radius 2 is 2.00 bits per heavy atom. The number of hydrogen-bond acceptors (Lipinski definition) is 5. The Morgan fingerprint density at radius 3 is 2.55 bits per heavy atom. The molecule has 1 amide bonds. The molecule has 1 aromatic heterocycles. The van der Waals surface area contributed by atoms with Gasteiger partial charge < -0.3 is 19.2 Å². The summed E-state index contributed by atoms with van der Waals surface area (Å²) in [4.78, 5) is 16.0. The summed E-state index contributed by atoms with van der Waals surface area (Å²) in [6.07, 6.45) is 1.28. The number of hydrogen-bond donors (Lipinski definition) is 1. The molecule has 0 bridgehead atoms. The lowest BCUT2D eigenvalue weighted by atomic mass is 10.2. The van der Waals surface area contributed by atoms with Crippen molar-refractivity contribution < 1.29 is 18.7 Å². The van der Waals surface area contributed by atoms with Crippen LogP contribution in [0.1, 0.15) is 16.4 Å². The Balaban J connectivity index is 2.30. The van der Waals surface area contributed by atoms with Gasteiger partial charge in [-0.25, -0.2) is 4.98 Å². The minimum atomic E-state index is -0.412. The van der Waals surface area contributed by atoms with Crippen LogP contribution in [0.15, 0.2) is 22.8 Å². The number of aromatic nitrogens is 1. The van der Waals surface area contributed by atoms with Crippen LogP contribution in [-0.4, -0.2) is 25.1 Å². The fourth-order valence-corrected chi connectivity index (χ4v) is 1.84. The van der Waals surface area contributed by atoms with Gasteiger partial charge in [0.15, 0.2) is 11.6 Å². The zero-order valence-electron chi connectivity index (χ0n) is 11.2. The van der Waals surface area contributed by atoms with Gasteiger partial charge in [0.05, 0.1) is 24.9 Å². The van der Waals surface area contributed by atoms with Crippen molar-refractivity contribution in [1.82, 2.24) is 4.98 Å². The van der Waals surface area contributed by atoms with Gasteiger partial charge in [0.2, 0.25) is 0 Å². The Morgan fingerprint density at radius 1 is 1.30 bits per heavy atom. The highest BCUT2D eigenvalue weighted by atomic mass is 35.5. The van der Waals surface area contributed by atoms with E-state index in [1.807, 2.05) is 0 Å². The van der Waals surface area contributed by atoms with Crippen molar-refractivity contribution >= 4 is 23.2 Å². The van der Waals surface area contributed by atoms with Gasteiger partial charge in [0.25, 0.3) is 5.91 Å². The van der Waals surface area contributed by atoms with E-state index in [0.29, 0.717) is 28.1 Å². The van der Waals surface area contributed by atoms with E-state index in [1.165, 1.54) is 20.5 Å². The summed E-state index contributed by atoms with van der Waals surface area (Å²) >= 11 is 5.99. The number of methoxy groups -OCH3 is 2. The molecule has 1 N–H and O–H groups in total. The number of aryl methyl sites for hydroxylation is 1. The zero-order chi connectivity index (χ0) is 14.7. The quantitative estimate of drug-likeness (QED) is 0.939. The smallest absolute Gasteiger partial charge is 0.277 e. The Bertz CT molecular complexity index is 639. The number of nitrogens with zero attached hydrogens (tertiary/aromatic N) is 1. The molecule has 0 atom stereocenters. The van der Waals surface area contributed by atoms with Crippen molar-refractivity contribution in [3.8, 4) is 11.5 Å². The molecule has 0 fully saturated rings. The summed E-state index contributed by atoms with van der Waals surface area (Å²) in [5.74, 6) is 0.851. The number of carbonyl (C=O) groups is 1. The van der Waals surface area contributed by atoms with Crippen molar-refractivity contribution in [1.29, 1.82) is 0 Å². The number of nitrogens with one attached hydrogen (secondary N) is 1. The fraction of sp³-hybridized carbons (Fsp3) is 0.231. The summed E-state index contributed by atoms with van der Waals surface area (Å²) in [6.45, 7) is 1.66. The first-order valence-electron chi connectivity index (χ1n) is 5.70. The molecule has 6 nitrogen and oxygen atoms in total. The van der Waals surface area contributed by atoms with Crippen LogP contribution in [0.4, 0.5) is 5.69 Å². The molecular formula is C13H13ClN2O4. The molecule has 0 aliphatic heterocycles. The van der Waals surface area contributed by atoms with E-state index in [0.717, 1.165) is 0 Å². The third-order valence-corrected chi connectivity index (χ3v) is 2.87. The number of anilines is 1. The highest BCUT2D eigenvalue weighted by Crippen LogP contribution is 2.36. The summed E-state index contributed by atoms with van der Waals surface area (Å²) < 4.78 is 15.3. The minimum absolute atomic E-state index is 0.179. The van der Waals surface area contributed by atoms with Gasteiger partial charge in [0.1, 0.15) is 17.8 Å². The van der Waals surface area contributed by atoms with Crippen LogP contribution in [0.2, 0.25) is 5.02 Å². The topological polar surface area (TPSA) is 73.6 Å². The van der Waals surface area contributed by atoms with Crippen molar-refractivity contribution in [2.45, 2.75) is 6.92 Å². The number of benzene rings is 1. The summed E-state index contributed by atoms with van der Waals surface area (Å²) in [6, 6.07) is 3.13. The highest BCUT2D eigenvalue weighted by molar-refractivity contribution is 6.32. The number of carbonyl (C=O) groups excluding carboxylic acids is 1. The Labute approximate surface area is 120 Å². The molecule has 0 aliphatic rings. The van der Waals surface area contributed by atoms with Gasteiger partial charge in [-0.1, -0.05) is 11.6 Å². The number of halogens is 1. The third kappa shape index (κ3) is 2.85. The predicted octanol–water partition coefficient (Wildman–Crippen LogP) is 2.91. The maximum absolute atomic E-state index is 12.0. The SMILES string of the molecule is COc1cc(NC(=O)c2coc(C)n2)c(OC)cc1Cl. The molecule has 0 aliphatic carbocycles. The van der Waals surface area contributed by atoms with E-state index in [2.05, 4.69) is 10.3 Å². The van der Waals surface area contributed by atoms with Crippen molar-refractivity contribution in [2.24, 2.45) is 0 Å². The van der Waals surface area contributed by atoms with Crippen LogP contribution in [0, 0.1) is 6.92 Å². The van der Waals surface area contributed by atoms with Crippen LogP contribution in [0.5, 0.6) is 11.5 Å². The van der Waals surface area contributed by atoms with E-state index >= 15 is 0 Å². The summed E-state index contributed by atoms with van der Waals surface area (Å²) in [5, 5.41) is 3.06. The fourth-order valence-electron chi connectivity index (χ4n) is 1.61. The third-order valence-electron chi connectivity index (χ3n) is 2.57. The lowest BCUT2D eigenvalue weighted by Gasteiger charge is -2.12. The molecule has 2 aromatic rings. The molecule has 7 heteroatoms. The van der Waals surface area contributed by atoms with Gasteiger partial charge in [-0.15, -0.1) is 0 Å². The van der Waals surface area contributed by atoms with Gasteiger partial charge >= 0.3 is 0 Å². The number of rotatable bonds is 4. The normalized spacial score (nSPS) is 10.2. The van der Waals surface area contributed by atoms with Crippen LogP contribution in [0.25, 0.3) is 0 Å². The van der Waals surface area contributed by atoms with Gasteiger partial charge in [-0.05, 0) is 0 Å². The predicted molar refractivity (Wildman–Crippen MR) is 73.7 cm³/mol. The second-order valence-electron chi connectivity index (χ2n) is 3.89. The monoisotopic (exact) mass is 296 g/mol.